The fourth-order valence-corrected chi connectivity index (χ4v) is 3.89. The van der Waals surface area contributed by atoms with Crippen molar-refractivity contribution in [3.05, 3.63) is 5.38 Å². The van der Waals surface area contributed by atoms with Crippen LogP contribution in [0.2, 0.25) is 0 Å². The van der Waals surface area contributed by atoms with Gasteiger partial charge in [0, 0.05) is 6.54 Å². The zero-order chi connectivity index (χ0) is 11.6. The highest BCUT2D eigenvalue weighted by Crippen LogP contribution is 2.22. The van der Waals surface area contributed by atoms with E-state index in [4.69, 9.17) is 5.11 Å². The lowest BCUT2D eigenvalue weighted by Crippen LogP contribution is -2.27. The zero-order valence-electron chi connectivity index (χ0n) is 8.72. The van der Waals surface area contributed by atoms with E-state index in [0.29, 0.717) is 35.4 Å². The normalized spacial score (nSPS) is 20.8. The molecule has 0 atom stereocenters. The van der Waals surface area contributed by atoms with Crippen molar-refractivity contribution in [3.63, 3.8) is 0 Å². The van der Waals surface area contributed by atoms with Gasteiger partial charge in [-0.2, -0.15) is 4.98 Å². The average Bonchev–Trinajstić information content (AvgIpc) is 2.63. The van der Waals surface area contributed by atoms with Crippen molar-refractivity contribution in [1.29, 1.82) is 0 Å². The van der Waals surface area contributed by atoms with E-state index in [1.54, 1.807) is 5.38 Å². The highest BCUT2D eigenvalue weighted by atomic mass is 32.2. The van der Waals surface area contributed by atoms with Crippen molar-refractivity contribution >= 4 is 26.3 Å². The Morgan fingerprint density at radius 1 is 1.50 bits per heavy atom. The number of aromatic nitrogens is 1. The van der Waals surface area contributed by atoms with Crippen LogP contribution in [0.4, 0.5) is 5.13 Å². The van der Waals surface area contributed by atoms with Crippen molar-refractivity contribution in [2.45, 2.75) is 12.8 Å². The van der Waals surface area contributed by atoms with E-state index in [1.165, 1.54) is 11.3 Å². The molecule has 7 heteroatoms. The molecule has 1 fully saturated rings. The molecule has 0 radical (unpaired) electrons. The molecule has 2 heterocycles. The molecule has 2 N–H and O–H groups in total. The predicted octanol–water partition coefficient (Wildman–Crippen LogP) is 1.09. The number of hydrogen-bond acceptors (Lipinski definition) is 6. The Morgan fingerprint density at radius 3 is 2.75 bits per heavy atom. The minimum Gasteiger partial charge on any atom is -0.493 e. The van der Waals surface area contributed by atoms with Crippen LogP contribution in [0.5, 0.6) is 5.88 Å². The number of rotatable bonds is 3. The summed E-state index contributed by atoms with van der Waals surface area (Å²) in [5.74, 6) is 0.999. The Balaban J connectivity index is 1.80. The lowest BCUT2D eigenvalue weighted by atomic mass is 10.0. The predicted molar refractivity (Wildman–Crippen MR) is 63.6 cm³/mol. The van der Waals surface area contributed by atoms with Crippen molar-refractivity contribution in [1.82, 2.24) is 4.98 Å². The number of nitrogens with zero attached hydrogens (tertiary/aromatic N) is 1. The second-order valence-corrected chi connectivity index (χ2v) is 7.15. The molecule has 1 aliphatic rings. The molecular weight excluding hydrogens is 248 g/mol. The van der Waals surface area contributed by atoms with Crippen LogP contribution in [-0.2, 0) is 9.84 Å². The molecule has 0 spiro atoms. The molecule has 0 aliphatic carbocycles. The Bertz CT molecular complexity index is 441. The third kappa shape index (κ3) is 3.08. The number of nitrogens with one attached hydrogen (secondary N) is 1. The van der Waals surface area contributed by atoms with Crippen molar-refractivity contribution in [3.8, 4) is 5.88 Å². The van der Waals surface area contributed by atoms with Crippen LogP contribution in [0.25, 0.3) is 0 Å². The Labute approximate surface area is 98.4 Å². The molecule has 0 bridgehead atoms. The Morgan fingerprint density at radius 2 is 2.19 bits per heavy atom. The van der Waals surface area contributed by atoms with Gasteiger partial charge in [0.2, 0.25) is 5.88 Å². The van der Waals surface area contributed by atoms with E-state index in [9.17, 15) is 8.42 Å². The minimum atomic E-state index is -2.78. The standard InChI is InChI=1S/C9H14N2O3S2/c12-8-6-15-9(11-8)10-5-7-1-3-16(13,14)4-2-7/h6-7,12H,1-5H2,(H,10,11). The quantitative estimate of drug-likeness (QED) is 0.852. The maximum Gasteiger partial charge on any atom is 0.223 e. The molecule has 1 aromatic heterocycles. The van der Waals surface area contributed by atoms with E-state index >= 15 is 0 Å². The lowest BCUT2D eigenvalue weighted by molar-refractivity contribution is 0.457. The van der Waals surface area contributed by atoms with Gasteiger partial charge in [-0.25, -0.2) is 8.42 Å². The minimum absolute atomic E-state index is 0.0266. The van der Waals surface area contributed by atoms with E-state index in [0.717, 1.165) is 6.54 Å². The fourth-order valence-electron chi connectivity index (χ4n) is 1.72. The number of aromatic hydroxyl groups is 1. The van der Waals surface area contributed by atoms with Gasteiger partial charge >= 0.3 is 0 Å². The third-order valence-electron chi connectivity index (χ3n) is 2.71. The lowest BCUT2D eigenvalue weighted by Gasteiger charge is -2.21. The molecule has 0 aromatic carbocycles. The largest absolute Gasteiger partial charge is 0.493 e. The molecule has 1 saturated heterocycles. The summed E-state index contributed by atoms with van der Waals surface area (Å²) in [5.41, 5.74) is 0. The van der Waals surface area contributed by atoms with Crippen LogP contribution in [0, 0.1) is 5.92 Å². The first-order valence-electron chi connectivity index (χ1n) is 5.14. The molecule has 0 amide bonds. The fraction of sp³-hybridized carbons (Fsp3) is 0.667. The van der Waals surface area contributed by atoms with Gasteiger partial charge < -0.3 is 10.4 Å². The molecular formula is C9H14N2O3S2. The van der Waals surface area contributed by atoms with Gasteiger partial charge in [0.1, 0.15) is 9.84 Å². The third-order valence-corrected chi connectivity index (χ3v) is 5.21. The molecule has 90 valence electrons. The van der Waals surface area contributed by atoms with E-state index in [2.05, 4.69) is 10.3 Å². The number of anilines is 1. The van der Waals surface area contributed by atoms with Gasteiger partial charge in [-0.15, -0.1) is 11.3 Å². The highest BCUT2D eigenvalue weighted by molar-refractivity contribution is 7.91. The first-order chi connectivity index (χ1) is 7.55. The van der Waals surface area contributed by atoms with Crippen LogP contribution < -0.4 is 5.32 Å². The van der Waals surface area contributed by atoms with Gasteiger partial charge in [0.15, 0.2) is 5.13 Å². The maximum absolute atomic E-state index is 11.2. The summed E-state index contributed by atoms with van der Waals surface area (Å²) in [7, 11) is -2.78. The number of hydrogen-bond donors (Lipinski definition) is 2. The second kappa shape index (κ2) is 4.58. The summed E-state index contributed by atoms with van der Waals surface area (Å²) in [6.45, 7) is 0.725. The smallest absolute Gasteiger partial charge is 0.223 e. The van der Waals surface area contributed by atoms with Crippen LogP contribution in [-0.4, -0.2) is 36.6 Å². The van der Waals surface area contributed by atoms with Gasteiger partial charge in [-0.05, 0) is 18.8 Å². The van der Waals surface area contributed by atoms with E-state index in [1.807, 2.05) is 0 Å². The van der Waals surface area contributed by atoms with Crippen LogP contribution >= 0.6 is 11.3 Å². The van der Waals surface area contributed by atoms with Crippen molar-refractivity contribution < 1.29 is 13.5 Å². The molecule has 2 rings (SSSR count). The van der Waals surface area contributed by atoms with Crippen LogP contribution in [0.15, 0.2) is 5.38 Å². The van der Waals surface area contributed by atoms with Crippen molar-refractivity contribution in [2.75, 3.05) is 23.4 Å². The zero-order valence-corrected chi connectivity index (χ0v) is 10.4. The second-order valence-electron chi connectivity index (χ2n) is 3.99. The SMILES string of the molecule is O=S1(=O)CCC(CNc2nc(O)cs2)CC1. The first-order valence-corrected chi connectivity index (χ1v) is 7.84. The van der Waals surface area contributed by atoms with Crippen LogP contribution in [0.3, 0.4) is 0 Å². The van der Waals surface area contributed by atoms with Gasteiger partial charge in [-0.1, -0.05) is 0 Å². The van der Waals surface area contributed by atoms with Gasteiger partial charge in [0.25, 0.3) is 0 Å². The number of thiazole rings is 1. The molecule has 1 aromatic rings. The first kappa shape index (κ1) is 11.7. The number of sulfone groups is 1. The van der Waals surface area contributed by atoms with E-state index < -0.39 is 9.84 Å². The van der Waals surface area contributed by atoms with Crippen molar-refractivity contribution in [2.24, 2.45) is 5.92 Å². The Kier molecular flexibility index (Phi) is 3.34. The summed E-state index contributed by atoms with van der Waals surface area (Å²) in [5, 5.41) is 14.4. The molecule has 1 aliphatic heterocycles. The summed E-state index contributed by atoms with van der Waals surface area (Å²) >= 11 is 1.35. The molecule has 0 unspecified atom stereocenters. The summed E-state index contributed by atoms with van der Waals surface area (Å²) in [4.78, 5) is 3.87. The molecule has 16 heavy (non-hydrogen) atoms. The Hall–Kier alpha value is -0.820. The summed E-state index contributed by atoms with van der Waals surface area (Å²) in [6.07, 6.45) is 1.43. The summed E-state index contributed by atoms with van der Waals surface area (Å²) < 4.78 is 22.4. The topological polar surface area (TPSA) is 79.3 Å². The maximum atomic E-state index is 11.2. The molecule has 0 saturated carbocycles. The highest BCUT2D eigenvalue weighted by Gasteiger charge is 2.23. The average molecular weight is 262 g/mol. The van der Waals surface area contributed by atoms with E-state index in [-0.39, 0.29) is 5.88 Å². The monoisotopic (exact) mass is 262 g/mol. The molecule has 5 nitrogen and oxygen atoms in total. The van der Waals surface area contributed by atoms with Crippen LogP contribution in [0.1, 0.15) is 12.8 Å². The summed E-state index contributed by atoms with van der Waals surface area (Å²) in [6, 6.07) is 0. The van der Waals surface area contributed by atoms with Gasteiger partial charge in [0.05, 0.1) is 16.9 Å². The van der Waals surface area contributed by atoms with Gasteiger partial charge in [-0.3, -0.25) is 0 Å².